The molecule has 10 aromatic carbocycles. The van der Waals surface area contributed by atoms with Crippen LogP contribution in [0.15, 0.2) is 243 Å². The lowest BCUT2D eigenvalue weighted by Gasteiger charge is -2.16. The zero-order valence-electron chi connectivity index (χ0n) is 34.0. The molecule has 2 heteroatoms. The van der Waals surface area contributed by atoms with E-state index in [0.717, 1.165) is 16.9 Å². The molecule has 0 aliphatic carbocycles. The van der Waals surface area contributed by atoms with Crippen LogP contribution in [0.5, 0.6) is 0 Å². The minimum Gasteiger partial charge on any atom is -0.309 e. The Labute approximate surface area is 360 Å². The van der Waals surface area contributed by atoms with E-state index in [2.05, 4.69) is 252 Å². The minimum atomic E-state index is 1.12. The summed E-state index contributed by atoms with van der Waals surface area (Å²) in [4.78, 5) is 0. The van der Waals surface area contributed by atoms with Crippen LogP contribution < -0.4 is 0 Å². The fraction of sp³-hybridized carbons (Fsp3) is 0. The van der Waals surface area contributed by atoms with Crippen LogP contribution in [-0.2, 0) is 0 Å². The Morgan fingerprint density at radius 1 is 0.210 bits per heavy atom. The Kier molecular flexibility index (Phi) is 8.53. The first kappa shape index (κ1) is 35.7. The summed E-state index contributed by atoms with van der Waals surface area (Å²) < 4.78 is 4.93. The molecule has 0 saturated heterocycles. The van der Waals surface area contributed by atoms with Crippen LogP contribution in [0.25, 0.3) is 111 Å². The first-order chi connectivity index (χ1) is 30.7. The van der Waals surface area contributed by atoms with E-state index in [1.165, 1.54) is 93.7 Å². The molecule has 12 rings (SSSR count). The summed E-state index contributed by atoms with van der Waals surface area (Å²) in [5, 5.41) is 4.95. The van der Waals surface area contributed by atoms with Crippen molar-refractivity contribution in [1.82, 2.24) is 9.13 Å². The van der Waals surface area contributed by atoms with Crippen LogP contribution in [-0.4, -0.2) is 9.13 Å². The van der Waals surface area contributed by atoms with E-state index in [0.29, 0.717) is 0 Å². The molecule has 2 heterocycles. The van der Waals surface area contributed by atoms with E-state index >= 15 is 0 Å². The van der Waals surface area contributed by atoms with Gasteiger partial charge in [0.2, 0.25) is 0 Å². The van der Waals surface area contributed by atoms with Crippen LogP contribution in [0.2, 0.25) is 0 Å². The van der Waals surface area contributed by atoms with Crippen molar-refractivity contribution in [3.8, 4) is 67.0 Å². The van der Waals surface area contributed by atoms with Gasteiger partial charge in [0.15, 0.2) is 0 Å². The fourth-order valence-corrected chi connectivity index (χ4v) is 9.52. The van der Waals surface area contributed by atoms with E-state index in [1.807, 2.05) is 0 Å². The Hall–Kier alpha value is -8.20. The number of benzene rings is 10. The van der Waals surface area contributed by atoms with Gasteiger partial charge in [-0.15, -0.1) is 0 Å². The molecular formula is C60H40N2. The van der Waals surface area contributed by atoms with E-state index in [4.69, 9.17) is 0 Å². The largest absolute Gasteiger partial charge is 0.309 e. The van der Waals surface area contributed by atoms with Crippen LogP contribution >= 0.6 is 0 Å². The second kappa shape index (κ2) is 14.8. The lowest BCUT2D eigenvalue weighted by Crippen LogP contribution is -1.98. The predicted octanol–water partition coefficient (Wildman–Crippen LogP) is 16.2. The fourth-order valence-electron chi connectivity index (χ4n) is 9.52. The highest BCUT2D eigenvalue weighted by molar-refractivity contribution is 6.13. The highest BCUT2D eigenvalue weighted by Gasteiger charge is 2.19. The third-order valence-corrected chi connectivity index (χ3v) is 12.5. The standard InChI is InChI=1S/C60H40N2/c1-5-15-41(16-6-1)46-27-33-52-53-34-28-47(42-17-7-2-8-18-42)38-58(53)61(57(52)37-46)50-31-25-45(26-32-50)51-23-13-14-24-56(51)62-59-39-48(43-19-9-3-10-20-43)29-35-54(59)55-36-30-49(40-60(55)62)44-21-11-4-12-22-44/h1-40H. The highest BCUT2D eigenvalue weighted by atomic mass is 15.0. The quantitative estimate of drug-likeness (QED) is 0.152. The molecule has 0 aliphatic rings. The van der Waals surface area contributed by atoms with Crippen LogP contribution in [0.1, 0.15) is 0 Å². The Morgan fingerprint density at radius 2 is 0.516 bits per heavy atom. The van der Waals surface area contributed by atoms with Crippen LogP contribution in [0.4, 0.5) is 0 Å². The molecule has 0 spiro atoms. The van der Waals surface area contributed by atoms with Gasteiger partial charge in [-0.3, -0.25) is 0 Å². The molecule has 0 saturated carbocycles. The first-order valence-corrected chi connectivity index (χ1v) is 21.3. The normalized spacial score (nSPS) is 11.5. The summed E-state index contributed by atoms with van der Waals surface area (Å²) in [6.07, 6.45) is 0. The van der Waals surface area contributed by atoms with Gasteiger partial charge in [0.25, 0.3) is 0 Å². The van der Waals surface area contributed by atoms with Crippen molar-refractivity contribution in [2.45, 2.75) is 0 Å². The van der Waals surface area contributed by atoms with Crippen molar-refractivity contribution < 1.29 is 0 Å². The summed E-state index contributed by atoms with van der Waals surface area (Å²) in [6, 6.07) is 88.5. The summed E-state index contributed by atoms with van der Waals surface area (Å²) in [5.74, 6) is 0. The summed E-state index contributed by atoms with van der Waals surface area (Å²) in [6.45, 7) is 0. The second-order valence-electron chi connectivity index (χ2n) is 16.1. The number of fused-ring (bicyclic) bond motifs is 6. The maximum atomic E-state index is 2.48. The van der Waals surface area contributed by atoms with Crippen molar-refractivity contribution in [3.63, 3.8) is 0 Å². The second-order valence-corrected chi connectivity index (χ2v) is 16.1. The van der Waals surface area contributed by atoms with Gasteiger partial charge < -0.3 is 9.13 Å². The number of aromatic nitrogens is 2. The van der Waals surface area contributed by atoms with Gasteiger partial charge >= 0.3 is 0 Å². The molecule has 2 aromatic heterocycles. The zero-order chi connectivity index (χ0) is 41.0. The average molecular weight is 789 g/mol. The summed E-state index contributed by atoms with van der Waals surface area (Å²) in [7, 11) is 0. The predicted molar refractivity (Wildman–Crippen MR) is 262 cm³/mol. The molecule has 290 valence electrons. The molecule has 0 aliphatic heterocycles. The maximum Gasteiger partial charge on any atom is 0.0547 e. The van der Waals surface area contributed by atoms with Crippen molar-refractivity contribution in [3.05, 3.63) is 243 Å². The summed E-state index contributed by atoms with van der Waals surface area (Å²) in [5.41, 5.74) is 19.0. The lowest BCUT2D eigenvalue weighted by atomic mass is 10.0. The molecular weight excluding hydrogens is 749 g/mol. The third kappa shape index (κ3) is 6.04. The molecule has 62 heavy (non-hydrogen) atoms. The molecule has 0 fully saturated rings. The van der Waals surface area contributed by atoms with Gasteiger partial charge in [-0.2, -0.15) is 0 Å². The van der Waals surface area contributed by atoms with Crippen LogP contribution in [0.3, 0.4) is 0 Å². The number of nitrogens with zero attached hydrogens (tertiary/aromatic N) is 2. The average Bonchev–Trinajstić information content (AvgIpc) is 3.86. The smallest absolute Gasteiger partial charge is 0.0547 e. The van der Waals surface area contributed by atoms with Gasteiger partial charge in [0, 0.05) is 32.8 Å². The van der Waals surface area contributed by atoms with Crippen LogP contribution in [0, 0.1) is 0 Å². The maximum absolute atomic E-state index is 2.48. The first-order valence-electron chi connectivity index (χ1n) is 21.3. The van der Waals surface area contributed by atoms with Crippen molar-refractivity contribution >= 4 is 43.6 Å². The van der Waals surface area contributed by atoms with Gasteiger partial charge in [0.05, 0.1) is 27.8 Å². The van der Waals surface area contributed by atoms with E-state index in [1.54, 1.807) is 0 Å². The zero-order valence-corrected chi connectivity index (χ0v) is 34.0. The summed E-state index contributed by atoms with van der Waals surface area (Å²) >= 11 is 0. The highest BCUT2D eigenvalue weighted by Crippen LogP contribution is 2.41. The Bertz CT molecular complexity index is 3390. The number of hydrogen-bond donors (Lipinski definition) is 0. The Balaban J connectivity index is 1.04. The SMILES string of the molecule is c1ccc(-c2ccc3c4ccc(-c5ccccc5)cc4n(-c4ccc(-c5ccccc5-n5c6cc(-c7ccccc7)ccc6c6ccc(-c7ccccc7)cc65)cc4)c3c2)cc1. The molecule has 0 radical (unpaired) electrons. The molecule has 0 atom stereocenters. The molecule has 12 aromatic rings. The lowest BCUT2D eigenvalue weighted by molar-refractivity contribution is 1.17. The number of hydrogen-bond acceptors (Lipinski definition) is 0. The molecule has 0 unspecified atom stereocenters. The molecule has 2 nitrogen and oxygen atoms in total. The van der Waals surface area contributed by atoms with Crippen molar-refractivity contribution in [2.75, 3.05) is 0 Å². The van der Waals surface area contributed by atoms with E-state index < -0.39 is 0 Å². The van der Waals surface area contributed by atoms with Gasteiger partial charge in [-0.25, -0.2) is 0 Å². The molecule has 0 amide bonds. The van der Waals surface area contributed by atoms with Gasteiger partial charge in [-0.05, 0) is 92.5 Å². The topological polar surface area (TPSA) is 9.86 Å². The van der Waals surface area contributed by atoms with E-state index in [-0.39, 0.29) is 0 Å². The third-order valence-electron chi connectivity index (χ3n) is 12.5. The number of rotatable bonds is 7. The van der Waals surface area contributed by atoms with Gasteiger partial charge in [-0.1, -0.05) is 200 Å². The Morgan fingerprint density at radius 3 is 0.887 bits per heavy atom. The van der Waals surface area contributed by atoms with Gasteiger partial charge in [0.1, 0.15) is 0 Å². The van der Waals surface area contributed by atoms with Crippen molar-refractivity contribution in [1.29, 1.82) is 0 Å². The molecule has 0 N–H and O–H groups in total. The monoisotopic (exact) mass is 788 g/mol. The van der Waals surface area contributed by atoms with E-state index in [9.17, 15) is 0 Å². The molecule has 0 bridgehead atoms. The number of para-hydroxylation sites is 1. The minimum absolute atomic E-state index is 1.12. The van der Waals surface area contributed by atoms with Crippen molar-refractivity contribution in [2.24, 2.45) is 0 Å².